The Bertz CT molecular complexity index is 1160. The van der Waals surface area contributed by atoms with Crippen molar-refractivity contribution in [2.75, 3.05) is 18.6 Å². The molecule has 2 aromatic carbocycles. The van der Waals surface area contributed by atoms with E-state index >= 15 is 0 Å². The summed E-state index contributed by atoms with van der Waals surface area (Å²) in [5, 5.41) is 13.2. The van der Waals surface area contributed by atoms with Crippen LogP contribution in [0.4, 0.5) is 5.13 Å². The number of carbonyl (C=O) groups excluding carboxylic acids is 2. The largest absolute Gasteiger partial charge is 0.507 e. The number of aliphatic hydroxyl groups excluding tert-OH is 1. The molecule has 3 aromatic rings. The predicted octanol–water partition coefficient (Wildman–Crippen LogP) is 4.18. The Hall–Kier alpha value is -3.65. The van der Waals surface area contributed by atoms with Crippen LogP contribution in [0.1, 0.15) is 24.1 Å². The fraction of sp³-hybridized carbons (Fsp3) is 0.174. The van der Waals surface area contributed by atoms with E-state index in [0.717, 1.165) is 0 Å². The lowest BCUT2D eigenvalue weighted by Crippen LogP contribution is -2.29. The first-order valence-corrected chi connectivity index (χ1v) is 10.5. The molecule has 4 rings (SSSR count). The first-order valence-electron chi connectivity index (χ1n) is 9.62. The van der Waals surface area contributed by atoms with E-state index in [2.05, 4.69) is 4.98 Å². The molecule has 0 spiro atoms. The lowest BCUT2D eigenvalue weighted by molar-refractivity contribution is -0.132. The molecule has 1 N–H and O–H groups in total. The van der Waals surface area contributed by atoms with E-state index < -0.39 is 17.7 Å². The minimum Gasteiger partial charge on any atom is -0.507 e. The number of hydrogen-bond donors (Lipinski definition) is 1. The number of methoxy groups -OCH3 is 1. The number of rotatable bonds is 6. The zero-order valence-electron chi connectivity index (χ0n) is 16.9. The quantitative estimate of drug-likeness (QED) is 0.354. The third kappa shape index (κ3) is 3.77. The number of nitrogens with zero attached hydrogens (tertiary/aromatic N) is 2. The number of amides is 1. The van der Waals surface area contributed by atoms with Crippen LogP contribution in [0.3, 0.4) is 0 Å². The van der Waals surface area contributed by atoms with Gasteiger partial charge in [0.2, 0.25) is 0 Å². The van der Waals surface area contributed by atoms with Crippen LogP contribution < -0.4 is 14.4 Å². The molecule has 0 radical (unpaired) electrons. The van der Waals surface area contributed by atoms with Gasteiger partial charge in [0.05, 0.1) is 25.3 Å². The Morgan fingerprint density at radius 1 is 1.16 bits per heavy atom. The van der Waals surface area contributed by atoms with E-state index in [4.69, 9.17) is 9.47 Å². The summed E-state index contributed by atoms with van der Waals surface area (Å²) in [6, 6.07) is 13.0. The van der Waals surface area contributed by atoms with Crippen LogP contribution in [0.2, 0.25) is 0 Å². The van der Waals surface area contributed by atoms with Gasteiger partial charge < -0.3 is 14.6 Å². The average Bonchev–Trinajstić information content (AvgIpc) is 3.40. The van der Waals surface area contributed by atoms with Crippen molar-refractivity contribution in [3.8, 4) is 11.5 Å². The van der Waals surface area contributed by atoms with Crippen LogP contribution >= 0.6 is 11.3 Å². The number of aromatic nitrogens is 1. The lowest BCUT2D eigenvalue weighted by Gasteiger charge is -2.23. The number of aliphatic hydroxyl groups is 1. The number of ketones is 1. The van der Waals surface area contributed by atoms with E-state index in [1.165, 1.54) is 23.3 Å². The molecule has 1 fully saturated rings. The Labute approximate surface area is 183 Å². The third-order valence-corrected chi connectivity index (χ3v) is 5.67. The van der Waals surface area contributed by atoms with Gasteiger partial charge in [0.25, 0.3) is 5.78 Å². The molecule has 1 aromatic heterocycles. The van der Waals surface area contributed by atoms with Crippen LogP contribution in [-0.2, 0) is 9.59 Å². The summed E-state index contributed by atoms with van der Waals surface area (Å²) >= 11 is 1.24. The van der Waals surface area contributed by atoms with Crippen molar-refractivity contribution < 1.29 is 24.2 Å². The van der Waals surface area contributed by atoms with E-state index in [0.29, 0.717) is 34.4 Å². The standard InChI is InChI=1S/C23H20N2O5S/c1-3-30-17-9-5-7-15(13-17)20(26)18-19(14-6-4-8-16(12-14)29-2)25(22(28)21(18)27)23-24-10-11-31-23/h4-13,19,26H,3H2,1-2H3/b20-18+. The van der Waals surface area contributed by atoms with Gasteiger partial charge in [0, 0.05) is 17.1 Å². The molecule has 1 atom stereocenters. The molecule has 7 nitrogen and oxygen atoms in total. The number of Topliss-reactive ketones (excluding diaryl/α,β-unsaturated/α-hetero) is 1. The fourth-order valence-electron chi connectivity index (χ4n) is 3.55. The summed E-state index contributed by atoms with van der Waals surface area (Å²) in [5.74, 6) is -0.668. The van der Waals surface area contributed by atoms with Crippen LogP contribution in [-0.4, -0.2) is 35.5 Å². The molecule has 2 heterocycles. The van der Waals surface area contributed by atoms with Crippen LogP contribution in [0.15, 0.2) is 65.7 Å². The Kier molecular flexibility index (Phi) is 5.73. The average molecular weight is 436 g/mol. The first kappa shape index (κ1) is 20.6. The SMILES string of the molecule is CCOc1cccc(/C(O)=C2\C(=O)C(=O)N(c3nccs3)C2c2cccc(OC)c2)c1. The number of ether oxygens (including phenoxy) is 2. The Balaban J connectivity index is 1.92. The summed E-state index contributed by atoms with van der Waals surface area (Å²) in [5.41, 5.74) is 0.995. The van der Waals surface area contributed by atoms with E-state index in [9.17, 15) is 14.7 Å². The molecule has 1 unspecified atom stereocenters. The summed E-state index contributed by atoms with van der Waals surface area (Å²) in [7, 11) is 1.54. The summed E-state index contributed by atoms with van der Waals surface area (Å²) < 4.78 is 10.8. The maximum Gasteiger partial charge on any atom is 0.301 e. The number of anilines is 1. The van der Waals surface area contributed by atoms with Crippen molar-refractivity contribution in [1.29, 1.82) is 0 Å². The normalized spacial score (nSPS) is 17.7. The highest BCUT2D eigenvalue weighted by Crippen LogP contribution is 2.43. The van der Waals surface area contributed by atoms with Crippen LogP contribution in [0, 0.1) is 0 Å². The van der Waals surface area contributed by atoms with Crippen molar-refractivity contribution in [2.24, 2.45) is 0 Å². The highest BCUT2D eigenvalue weighted by molar-refractivity contribution is 7.14. The van der Waals surface area contributed by atoms with Gasteiger partial charge in [-0.1, -0.05) is 24.3 Å². The van der Waals surface area contributed by atoms with Gasteiger partial charge in [-0.15, -0.1) is 11.3 Å². The molecular weight excluding hydrogens is 416 g/mol. The second-order valence-corrected chi connectivity index (χ2v) is 7.59. The van der Waals surface area contributed by atoms with E-state index in [1.54, 1.807) is 60.1 Å². The maximum atomic E-state index is 13.1. The number of carbonyl (C=O) groups is 2. The highest BCUT2D eigenvalue weighted by Gasteiger charge is 2.48. The van der Waals surface area contributed by atoms with Gasteiger partial charge in [-0.2, -0.15) is 0 Å². The number of thiazole rings is 1. The van der Waals surface area contributed by atoms with Crippen molar-refractivity contribution >= 4 is 33.9 Å². The number of hydrogen-bond acceptors (Lipinski definition) is 7. The van der Waals surface area contributed by atoms with Gasteiger partial charge in [-0.25, -0.2) is 4.98 Å². The summed E-state index contributed by atoms with van der Waals surface area (Å²) in [4.78, 5) is 31.6. The Morgan fingerprint density at radius 2 is 1.94 bits per heavy atom. The molecule has 1 amide bonds. The summed E-state index contributed by atoms with van der Waals surface area (Å²) in [6.07, 6.45) is 1.56. The zero-order valence-corrected chi connectivity index (χ0v) is 17.8. The minimum absolute atomic E-state index is 0.0119. The van der Waals surface area contributed by atoms with Crippen LogP contribution in [0.25, 0.3) is 5.76 Å². The molecule has 158 valence electrons. The molecule has 1 saturated heterocycles. The van der Waals surface area contributed by atoms with E-state index in [1.807, 2.05) is 6.92 Å². The highest BCUT2D eigenvalue weighted by atomic mass is 32.1. The Morgan fingerprint density at radius 3 is 2.65 bits per heavy atom. The number of benzene rings is 2. The molecule has 1 aliphatic heterocycles. The van der Waals surface area contributed by atoms with Crippen molar-refractivity contribution in [3.05, 3.63) is 76.8 Å². The second-order valence-electron chi connectivity index (χ2n) is 6.72. The van der Waals surface area contributed by atoms with Gasteiger partial charge in [-0.3, -0.25) is 14.5 Å². The zero-order chi connectivity index (χ0) is 22.0. The monoisotopic (exact) mass is 436 g/mol. The molecule has 0 aliphatic carbocycles. The summed E-state index contributed by atoms with van der Waals surface area (Å²) in [6.45, 7) is 2.32. The topological polar surface area (TPSA) is 89.0 Å². The molecule has 1 aliphatic rings. The molecule has 31 heavy (non-hydrogen) atoms. The smallest absolute Gasteiger partial charge is 0.301 e. The minimum atomic E-state index is -0.850. The molecule has 0 saturated carbocycles. The third-order valence-electron chi connectivity index (χ3n) is 4.90. The molecule has 8 heteroatoms. The van der Waals surface area contributed by atoms with Crippen molar-refractivity contribution in [2.45, 2.75) is 13.0 Å². The van der Waals surface area contributed by atoms with Gasteiger partial charge in [-0.05, 0) is 36.8 Å². The second kappa shape index (κ2) is 8.61. The van der Waals surface area contributed by atoms with Gasteiger partial charge >= 0.3 is 5.91 Å². The predicted molar refractivity (Wildman–Crippen MR) is 118 cm³/mol. The maximum absolute atomic E-state index is 13.1. The van der Waals surface area contributed by atoms with Crippen LogP contribution in [0.5, 0.6) is 11.5 Å². The fourth-order valence-corrected chi connectivity index (χ4v) is 4.21. The lowest BCUT2D eigenvalue weighted by atomic mass is 9.95. The van der Waals surface area contributed by atoms with Crippen molar-refractivity contribution in [3.63, 3.8) is 0 Å². The van der Waals surface area contributed by atoms with Gasteiger partial charge in [0.15, 0.2) is 5.13 Å². The first-order chi connectivity index (χ1) is 15.0. The van der Waals surface area contributed by atoms with Crippen molar-refractivity contribution in [1.82, 2.24) is 4.98 Å². The molecular formula is C23H20N2O5S. The van der Waals surface area contributed by atoms with E-state index in [-0.39, 0.29) is 11.3 Å². The molecule has 0 bridgehead atoms. The van der Waals surface area contributed by atoms with Gasteiger partial charge in [0.1, 0.15) is 17.3 Å².